The molecule has 9 nitrogen and oxygen atoms in total. The standard InChI is InChI=1S/C16H16N4O5/c1-19-14(21)13(15(22)20(2)16(19)23)10-6-9(17-18-10)8-3-4-11-12(5-8)25-7-24-11/h3-6,9,13,17-18H,7H2,1-2H3/t9-/m1/s1. The van der Waals surface area contributed by atoms with Gasteiger partial charge in [0.05, 0.1) is 6.04 Å². The summed E-state index contributed by atoms with van der Waals surface area (Å²) in [4.78, 5) is 38.5. The van der Waals surface area contributed by atoms with Crippen molar-refractivity contribution in [3.05, 3.63) is 35.5 Å². The van der Waals surface area contributed by atoms with Crippen molar-refractivity contribution in [2.75, 3.05) is 20.9 Å². The number of benzene rings is 1. The number of carbonyl (C=O) groups excluding carboxylic acids is 3. The summed E-state index contributed by atoms with van der Waals surface area (Å²) in [7, 11) is 2.72. The second-order valence-corrected chi connectivity index (χ2v) is 5.99. The molecule has 0 aliphatic carbocycles. The zero-order valence-corrected chi connectivity index (χ0v) is 13.6. The van der Waals surface area contributed by atoms with Crippen LogP contribution in [0.3, 0.4) is 0 Å². The lowest BCUT2D eigenvalue weighted by molar-refractivity contribution is -0.145. The van der Waals surface area contributed by atoms with Gasteiger partial charge in [-0.05, 0) is 23.8 Å². The number of carbonyl (C=O) groups is 3. The van der Waals surface area contributed by atoms with Crippen molar-refractivity contribution in [1.82, 2.24) is 20.7 Å². The molecule has 0 saturated carbocycles. The molecule has 1 atom stereocenters. The van der Waals surface area contributed by atoms with Crippen LogP contribution < -0.4 is 20.3 Å². The summed E-state index contributed by atoms with van der Waals surface area (Å²) in [6, 6.07) is 4.64. The average molecular weight is 344 g/mol. The van der Waals surface area contributed by atoms with Crippen LogP contribution in [0, 0.1) is 5.92 Å². The number of amides is 4. The molecule has 25 heavy (non-hydrogen) atoms. The van der Waals surface area contributed by atoms with Gasteiger partial charge >= 0.3 is 6.03 Å². The maximum atomic E-state index is 12.4. The van der Waals surface area contributed by atoms with Crippen LogP contribution in [0.4, 0.5) is 4.79 Å². The van der Waals surface area contributed by atoms with Gasteiger partial charge in [-0.3, -0.25) is 19.4 Å². The zero-order valence-electron chi connectivity index (χ0n) is 13.6. The Balaban J connectivity index is 1.61. The van der Waals surface area contributed by atoms with Crippen LogP contribution in [0.1, 0.15) is 11.6 Å². The lowest BCUT2D eigenvalue weighted by atomic mass is 9.98. The number of rotatable bonds is 2. The van der Waals surface area contributed by atoms with Gasteiger partial charge in [0.15, 0.2) is 17.4 Å². The molecule has 3 aliphatic rings. The van der Waals surface area contributed by atoms with E-state index < -0.39 is 23.8 Å². The lowest BCUT2D eigenvalue weighted by Crippen LogP contribution is -2.58. The monoisotopic (exact) mass is 344 g/mol. The Morgan fingerprint density at radius 1 is 1.04 bits per heavy atom. The predicted molar refractivity (Wildman–Crippen MR) is 84.1 cm³/mol. The van der Waals surface area contributed by atoms with Crippen LogP contribution in [-0.4, -0.2) is 48.5 Å². The molecule has 9 heteroatoms. The fraction of sp³-hybridized carbons (Fsp3) is 0.312. The van der Waals surface area contributed by atoms with Crippen LogP contribution in [0.15, 0.2) is 30.0 Å². The lowest BCUT2D eigenvalue weighted by Gasteiger charge is -2.33. The molecule has 3 heterocycles. The fourth-order valence-corrected chi connectivity index (χ4v) is 3.05. The highest BCUT2D eigenvalue weighted by atomic mass is 16.7. The van der Waals surface area contributed by atoms with Gasteiger partial charge in [-0.25, -0.2) is 10.2 Å². The molecule has 4 rings (SSSR count). The maximum Gasteiger partial charge on any atom is 0.332 e. The number of ether oxygens (including phenoxy) is 2. The smallest absolute Gasteiger partial charge is 0.332 e. The summed E-state index contributed by atoms with van der Waals surface area (Å²) in [5.41, 5.74) is 7.23. The normalized spacial score (nSPS) is 23.2. The number of nitrogens with zero attached hydrogens (tertiary/aromatic N) is 2. The van der Waals surface area contributed by atoms with Crippen molar-refractivity contribution < 1.29 is 23.9 Å². The number of nitrogens with one attached hydrogen (secondary N) is 2. The molecule has 1 aromatic carbocycles. The molecule has 0 spiro atoms. The molecular weight excluding hydrogens is 328 g/mol. The van der Waals surface area contributed by atoms with E-state index in [1.807, 2.05) is 18.2 Å². The highest BCUT2D eigenvalue weighted by Gasteiger charge is 2.45. The number of barbiturate groups is 1. The number of hydrogen-bond donors (Lipinski definition) is 2. The van der Waals surface area contributed by atoms with Gasteiger partial charge in [0.1, 0.15) is 0 Å². The summed E-state index contributed by atoms with van der Waals surface area (Å²) in [5.74, 6) is -0.853. The number of imide groups is 2. The van der Waals surface area contributed by atoms with Crippen molar-refractivity contribution in [1.29, 1.82) is 0 Å². The third-order valence-corrected chi connectivity index (χ3v) is 4.51. The summed E-state index contributed by atoms with van der Waals surface area (Å²) in [6.45, 7) is 0.188. The largest absolute Gasteiger partial charge is 0.454 e. The molecular formula is C16H16N4O5. The quantitative estimate of drug-likeness (QED) is 0.735. The van der Waals surface area contributed by atoms with E-state index in [0.29, 0.717) is 17.2 Å². The molecule has 0 aromatic heterocycles. The topological polar surface area (TPSA) is 100 Å². The van der Waals surface area contributed by atoms with E-state index in [0.717, 1.165) is 15.4 Å². The summed E-state index contributed by atoms with van der Waals surface area (Å²) >= 11 is 0. The predicted octanol–water partition coefficient (Wildman–Crippen LogP) is 0.115. The minimum Gasteiger partial charge on any atom is -0.454 e. The number of hydrogen-bond acceptors (Lipinski definition) is 7. The first-order valence-electron chi connectivity index (χ1n) is 7.69. The first-order valence-corrected chi connectivity index (χ1v) is 7.69. The van der Waals surface area contributed by atoms with Crippen LogP contribution in [-0.2, 0) is 9.59 Å². The molecule has 3 aliphatic heterocycles. The van der Waals surface area contributed by atoms with E-state index >= 15 is 0 Å². The van der Waals surface area contributed by atoms with E-state index in [4.69, 9.17) is 9.47 Å². The minimum atomic E-state index is -1.07. The third kappa shape index (κ3) is 2.31. The summed E-state index contributed by atoms with van der Waals surface area (Å²) < 4.78 is 10.7. The van der Waals surface area contributed by atoms with Crippen LogP contribution in [0.2, 0.25) is 0 Å². The van der Waals surface area contributed by atoms with E-state index in [1.165, 1.54) is 14.1 Å². The highest BCUT2D eigenvalue weighted by molar-refractivity contribution is 6.17. The Morgan fingerprint density at radius 3 is 2.44 bits per heavy atom. The fourth-order valence-electron chi connectivity index (χ4n) is 3.05. The van der Waals surface area contributed by atoms with Gasteiger partial charge in [0.25, 0.3) is 0 Å². The number of fused-ring (bicyclic) bond motifs is 1. The van der Waals surface area contributed by atoms with Gasteiger partial charge in [0, 0.05) is 19.8 Å². The van der Waals surface area contributed by atoms with E-state index in [2.05, 4.69) is 10.9 Å². The Morgan fingerprint density at radius 2 is 1.72 bits per heavy atom. The molecule has 4 amide bonds. The van der Waals surface area contributed by atoms with Gasteiger partial charge in [0.2, 0.25) is 18.6 Å². The number of hydrazine groups is 1. The molecule has 2 N–H and O–H groups in total. The van der Waals surface area contributed by atoms with Gasteiger partial charge in [-0.1, -0.05) is 6.07 Å². The maximum absolute atomic E-state index is 12.4. The molecule has 0 radical (unpaired) electrons. The first kappa shape index (κ1) is 15.5. The summed E-state index contributed by atoms with van der Waals surface area (Å²) in [6.07, 6.45) is 1.76. The second kappa shape index (κ2) is 5.49. The highest BCUT2D eigenvalue weighted by Crippen LogP contribution is 2.35. The molecule has 1 aromatic rings. The van der Waals surface area contributed by atoms with Gasteiger partial charge in [-0.15, -0.1) is 0 Å². The van der Waals surface area contributed by atoms with E-state index in [9.17, 15) is 14.4 Å². The average Bonchev–Trinajstić information content (AvgIpc) is 3.27. The third-order valence-electron chi connectivity index (χ3n) is 4.51. The second-order valence-electron chi connectivity index (χ2n) is 5.99. The molecule has 130 valence electrons. The van der Waals surface area contributed by atoms with Crippen molar-refractivity contribution in [2.45, 2.75) is 6.04 Å². The Kier molecular flexibility index (Phi) is 3.39. The Bertz CT molecular complexity index is 797. The molecule has 0 bridgehead atoms. The van der Waals surface area contributed by atoms with Crippen molar-refractivity contribution >= 4 is 17.8 Å². The van der Waals surface area contributed by atoms with Gasteiger partial charge < -0.3 is 14.9 Å². The van der Waals surface area contributed by atoms with E-state index in [-0.39, 0.29) is 12.8 Å². The summed E-state index contributed by atoms with van der Waals surface area (Å²) in [5, 5.41) is 0. The molecule has 0 unspecified atom stereocenters. The number of urea groups is 1. The Labute approximate surface area is 143 Å². The SMILES string of the molecule is CN1C(=O)C(C2=C[C@H](c3ccc4c(c3)OCO4)NN2)C(=O)N(C)C1=O. The minimum absolute atomic E-state index is 0.188. The van der Waals surface area contributed by atoms with E-state index in [1.54, 1.807) is 6.08 Å². The van der Waals surface area contributed by atoms with Gasteiger partial charge in [-0.2, -0.15) is 0 Å². The first-order chi connectivity index (χ1) is 12.0. The van der Waals surface area contributed by atoms with Crippen LogP contribution in [0.5, 0.6) is 11.5 Å². The van der Waals surface area contributed by atoms with Crippen LogP contribution >= 0.6 is 0 Å². The van der Waals surface area contributed by atoms with Crippen LogP contribution in [0.25, 0.3) is 0 Å². The van der Waals surface area contributed by atoms with Crippen molar-refractivity contribution in [3.63, 3.8) is 0 Å². The zero-order chi connectivity index (χ0) is 17.7. The van der Waals surface area contributed by atoms with Crippen molar-refractivity contribution in [3.8, 4) is 11.5 Å². The Hall–Kier alpha value is -3.07. The molecule has 1 saturated heterocycles. The molecule has 1 fully saturated rings. The van der Waals surface area contributed by atoms with Crippen molar-refractivity contribution in [2.24, 2.45) is 5.92 Å².